The van der Waals surface area contributed by atoms with Gasteiger partial charge in [-0.3, -0.25) is 14.4 Å². The van der Waals surface area contributed by atoms with Crippen LogP contribution in [-0.4, -0.2) is 33.6 Å². The molecule has 6 heteroatoms. The normalized spacial score (nSPS) is 11.5. The lowest BCUT2D eigenvalue weighted by atomic mass is 9.90. The molecule has 0 bridgehead atoms. The zero-order chi connectivity index (χ0) is 24.8. The van der Waals surface area contributed by atoms with Gasteiger partial charge >= 0.3 is 11.9 Å². The molecule has 0 aliphatic heterocycles. The lowest BCUT2D eigenvalue weighted by Gasteiger charge is -2.30. The zero-order valence-corrected chi connectivity index (χ0v) is 21.5. The molecule has 0 atom stereocenters. The van der Waals surface area contributed by atoms with Crippen molar-refractivity contribution in [3.8, 4) is 0 Å². The van der Waals surface area contributed by atoms with Crippen molar-refractivity contribution in [1.82, 2.24) is 5.32 Å². The predicted octanol–water partition coefficient (Wildman–Crippen LogP) is 7.24. The van der Waals surface area contributed by atoms with Crippen LogP contribution >= 0.6 is 0 Å². The van der Waals surface area contributed by atoms with Gasteiger partial charge in [0.1, 0.15) is 0 Å². The Balaban J connectivity index is 3.69. The van der Waals surface area contributed by atoms with Gasteiger partial charge in [0.15, 0.2) is 0 Å². The van der Waals surface area contributed by atoms with Gasteiger partial charge in [-0.25, -0.2) is 0 Å². The highest BCUT2D eigenvalue weighted by Gasteiger charge is 2.27. The molecular formula is C27H51NO5. The summed E-state index contributed by atoms with van der Waals surface area (Å²) in [5.74, 6) is -1.99. The number of unbranched alkanes of at least 4 members (excludes halogenated alkanes) is 15. The van der Waals surface area contributed by atoms with Crippen LogP contribution in [0.5, 0.6) is 0 Å². The molecule has 6 nitrogen and oxygen atoms in total. The van der Waals surface area contributed by atoms with Crippen molar-refractivity contribution in [3.05, 3.63) is 0 Å². The van der Waals surface area contributed by atoms with Gasteiger partial charge in [-0.2, -0.15) is 0 Å². The van der Waals surface area contributed by atoms with E-state index in [1.54, 1.807) is 6.92 Å². The molecule has 0 radical (unpaired) electrons. The second-order valence-electron chi connectivity index (χ2n) is 9.95. The first-order valence-electron chi connectivity index (χ1n) is 13.5. The highest BCUT2D eigenvalue weighted by molar-refractivity contribution is 5.77. The molecule has 0 unspecified atom stereocenters. The summed E-state index contributed by atoms with van der Waals surface area (Å²) >= 11 is 0. The molecule has 0 heterocycles. The van der Waals surface area contributed by atoms with Gasteiger partial charge in [0.25, 0.3) is 0 Å². The molecule has 0 aromatic rings. The van der Waals surface area contributed by atoms with Crippen LogP contribution in [0.3, 0.4) is 0 Å². The fourth-order valence-electron chi connectivity index (χ4n) is 4.25. The fourth-order valence-corrected chi connectivity index (χ4v) is 4.25. The monoisotopic (exact) mass is 469 g/mol. The molecule has 3 N–H and O–H groups in total. The number of amides is 1. The Kier molecular flexibility index (Phi) is 20.0. The van der Waals surface area contributed by atoms with Gasteiger partial charge in [-0.1, -0.05) is 103 Å². The molecule has 0 fully saturated rings. The molecule has 0 aromatic heterocycles. The smallest absolute Gasteiger partial charge is 0.303 e. The number of carbonyl (C=O) groups excluding carboxylic acids is 1. The third-order valence-electron chi connectivity index (χ3n) is 6.48. The number of hydrogen-bond donors (Lipinski definition) is 3. The molecule has 1 amide bonds. The van der Waals surface area contributed by atoms with Crippen molar-refractivity contribution >= 4 is 17.8 Å². The van der Waals surface area contributed by atoms with Crippen LogP contribution in [0.15, 0.2) is 0 Å². The number of carboxylic acid groups (broad SMARTS) is 2. The lowest BCUT2D eigenvalue weighted by molar-refractivity contribution is -0.138. The molecule has 0 saturated carbocycles. The van der Waals surface area contributed by atoms with E-state index in [1.807, 2.05) is 0 Å². The Labute approximate surface area is 202 Å². The molecule has 33 heavy (non-hydrogen) atoms. The summed E-state index contributed by atoms with van der Waals surface area (Å²) in [6.45, 7) is 4.00. The Morgan fingerprint density at radius 2 is 0.909 bits per heavy atom. The highest BCUT2D eigenvalue weighted by Crippen LogP contribution is 2.20. The Morgan fingerprint density at radius 1 is 0.576 bits per heavy atom. The van der Waals surface area contributed by atoms with Gasteiger partial charge in [0.2, 0.25) is 5.91 Å². The van der Waals surface area contributed by atoms with Crippen LogP contribution in [0.4, 0.5) is 0 Å². The van der Waals surface area contributed by atoms with E-state index in [4.69, 9.17) is 10.2 Å². The van der Waals surface area contributed by atoms with E-state index in [2.05, 4.69) is 12.2 Å². The van der Waals surface area contributed by atoms with Gasteiger partial charge in [0.05, 0.1) is 0 Å². The minimum Gasteiger partial charge on any atom is -0.481 e. The summed E-state index contributed by atoms with van der Waals surface area (Å²) in [5.41, 5.74) is -0.789. The maximum Gasteiger partial charge on any atom is 0.303 e. The van der Waals surface area contributed by atoms with Gasteiger partial charge in [-0.15, -0.1) is 0 Å². The second kappa shape index (κ2) is 21.0. The number of aliphatic carboxylic acids is 2. The minimum atomic E-state index is -0.941. The quantitative estimate of drug-likeness (QED) is 0.129. The maximum atomic E-state index is 12.3. The summed E-state index contributed by atoms with van der Waals surface area (Å²) in [6.07, 6.45) is 21.3. The van der Waals surface area contributed by atoms with Gasteiger partial charge < -0.3 is 15.5 Å². The molecule has 0 aliphatic rings. The van der Waals surface area contributed by atoms with Crippen molar-refractivity contribution in [2.24, 2.45) is 0 Å². The van der Waals surface area contributed by atoms with E-state index in [9.17, 15) is 14.4 Å². The average Bonchev–Trinajstić information content (AvgIpc) is 2.76. The minimum absolute atomic E-state index is 0.0879. The second-order valence-corrected chi connectivity index (χ2v) is 9.95. The van der Waals surface area contributed by atoms with Crippen molar-refractivity contribution in [2.75, 3.05) is 0 Å². The number of hydrogen-bond acceptors (Lipinski definition) is 3. The van der Waals surface area contributed by atoms with Crippen LogP contribution in [0.1, 0.15) is 149 Å². The molecule has 194 valence electrons. The lowest BCUT2D eigenvalue weighted by Crippen LogP contribution is -2.46. The number of rotatable bonds is 24. The fraction of sp³-hybridized carbons (Fsp3) is 0.889. The number of nitrogens with one attached hydrogen (secondary N) is 1. The van der Waals surface area contributed by atoms with Crippen LogP contribution in [0.25, 0.3) is 0 Å². The van der Waals surface area contributed by atoms with Crippen molar-refractivity contribution in [1.29, 1.82) is 0 Å². The van der Waals surface area contributed by atoms with E-state index in [-0.39, 0.29) is 31.6 Å². The molecule has 0 saturated heterocycles. The Morgan fingerprint density at radius 3 is 1.24 bits per heavy atom. The van der Waals surface area contributed by atoms with Crippen molar-refractivity contribution in [3.63, 3.8) is 0 Å². The third kappa shape index (κ3) is 22.0. The number of carbonyl (C=O) groups is 3. The van der Waals surface area contributed by atoms with Crippen molar-refractivity contribution < 1.29 is 24.6 Å². The van der Waals surface area contributed by atoms with E-state index in [1.165, 1.54) is 83.5 Å². The van der Waals surface area contributed by atoms with E-state index >= 15 is 0 Å². The molecule has 0 spiro atoms. The first kappa shape index (κ1) is 31.4. The maximum absolute atomic E-state index is 12.3. The Bertz CT molecular complexity index is 503. The summed E-state index contributed by atoms with van der Waals surface area (Å²) < 4.78 is 0. The zero-order valence-electron chi connectivity index (χ0n) is 21.5. The first-order chi connectivity index (χ1) is 15.8. The third-order valence-corrected chi connectivity index (χ3v) is 6.48. The van der Waals surface area contributed by atoms with E-state index in [0.29, 0.717) is 6.42 Å². The number of carboxylic acids is 2. The average molecular weight is 470 g/mol. The predicted molar refractivity (Wildman–Crippen MR) is 134 cm³/mol. The highest BCUT2D eigenvalue weighted by atomic mass is 16.4. The van der Waals surface area contributed by atoms with Crippen LogP contribution in [0.2, 0.25) is 0 Å². The van der Waals surface area contributed by atoms with Gasteiger partial charge in [0, 0.05) is 24.8 Å². The van der Waals surface area contributed by atoms with Crippen LogP contribution < -0.4 is 5.32 Å². The van der Waals surface area contributed by atoms with Gasteiger partial charge in [-0.05, 0) is 26.2 Å². The molecule has 0 aliphatic carbocycles. The van der Waals surface area contributed by atoms with Crippen LogP contribution in [0, 0.1) is 0 Å². The van der Waals surface area contributed by atoms with Crippen molar-refractivity contribution in [2.45, 2.75) is 154 Å². The molecule has 0 aromatic carbocycles. The summed E-state index contributed by atoms with van der Waals surface area (Å²) in [7, 11) is 0. The standard InChI is InChI=1S/C27H51NO5/c1-3-4-5-6-7-8-9-10-11-12-13-14-15-16-17-18-19-24(29)28-27(2,22-20-25(30)31)23-21-26(32)33/h3-23H2,1-2H3,(H,28,29)(H,30,31)(H,32,33). The summed E-state index contributed by atoms with van der Waals surface area (Å²) in [4.78, 5) is 34.0. The van der Waals surface area contributed by atoms with E-state index < -0.39 is 17.5 Å². The summed E-state index contributed by atoms with van der Waals surface area (Å²) in [5, 5.41) is 20.7. The SMILES string of the molecule is CCCCCCCCCCCCCCCCCCC(=O)NC(C)(CCC(=O)O)CCC(=O)O. The molecular weight excluding hydrogens is 418 g/mol. The van der Waals surface area contributed by atoms with E-state index in [0.717, 1.165) is 19.3 Å². The van der Waals surface area contributed by atoms with Crippen LogP contribution in [-0.2, 0) is 14.4 Å². The topological polar surface area (TPSA) is 104 Å². The molecule has 0 rings (SSSR count). The Hall–Kier alpha value is -1.59. The summed E-state index contributed by atoms with van der Waals surface area (Å²) in [6, 6.07) is 0. The largest absolute Gasteiger partial charge is 0.481 e. The first-order valence-corrected chi connectivity index (χ1v) is 13.5.